The number of amides is 1. The molecule has 0 aromatic heterocycles. The highest BCUT2D eigenvalue weighted by molar-refractivity contribution is 6.32. The van der Waals surface area contributed by atoms with Crippen molar-refractivity contribution in [1.82, 2.24) is 4.90 Å². The maximum absolute atomic E-state index is 12.1. The Kier molecular flexibility index (Phi) is 6.49. The van der Waals surface area contributed by atoms with Crippen LogP contribution in [0.5, 0.6) is 5.75 Å². The lowest BCUT2D eigenvalue weighted by atomic mass is 10.0. The number of nitrogens with zero attached hydrogens (tertiary/aromatic N) is 1. The molecule has 1 aromatic carbocycles. The number of nitrogens with one attached hydrogen (secondary N) is 1. The minimum Gasteiger partial charge on any atom is -0.490 e. The van der Waals surface area contributed by atoms with E-state index in [2.05, 4.69) is 17.3 Å². The molecular weight excluding hydrogens is 304 g/mol. The van der Waals surface area contributed by atoms with Gasteiger partial charge in [0.2, 0.25) is 5.91 Å². The zero-order chi connectivity index (χ0) is 15.9. The number of rotatable bonds is 7. The van der Waals surface area contributed by atoms with Crippen LogP contribution in [0.25, 0.3) is 0 Å². The Bertz CT molecular complexity index is 510. The van der Waals surface area contributed by atoms with Crippen LogP contribution in [-0.4, -0.2) is 51.3 Å². The van der Waals surface area contributed by atoms with E-state index < -0.39 is 0 Å². The molecule has 1 saturated heterocycles. The van der Waals surface area contributed by atoms with Crippen molar-refractivity contribution in [1.29, 1.82) is 0 Å². The molecule has 1 aromatic rings. The maximum atomic E-state index is 12.1. The lowest BCUT2D eigenvalue weighted by Crippen LogP contribution is -2.19. The second-order valence-corrected chi connectivity index (χ2v) is 6.06. The van der Waals surface area contributed by atoms with E-state index in [1.165, 1.54) is 0 Å². The summed E-state index contributed by atoms with van der Waals surface area (Å²) in [5.74, 6) is 1.07. The molecule has 0 saturated carbocycles. The van der Waals surface area contributed by atoms with Crippen molar-refractivity contribution < 1.29 is 14.3 Å². The van der Waals surface area contributed by atoms with Gasteiger partial charge in [0.25, 0.3) is 0 Å². The fourth-order valence-corrected chi connectivity index (χ4v) is 2.83. The molecule has 1 atom stereocenters. The maximum Gasteiger partial charge on any atom is 0.224 e. The predicted octanol–water partition coefficient (Wildman–Crippen LogP) is 2.65. The molecule has 1 N–H and O–H groups in total. The topological polar surface area (TPSA) is 50.8 Å². The van der Waals surface area contributed by atoms with Crippen molar-refractivity contribution in [2.45, 2.75) is 12.8 Å². The average Bonchev–Trinajstić information content (AvgIpc) is 2.86. The monoisotopic (exact) mass is 326 g/mol. The van der Waals surface area contributed by atoms with Gasteiger partial charge in [-0.1, -0.05) is 11.6 Å². The molecule has 1 aliphatic rings. The number of likely N-dealkylation sites (tertiary alicyclic amines) is 1. The average molecular weight is 327 g/mol. The van der Waals surface area contributed by atoms with E-state index in [0.29, 0.717) is 42.0 Å². The summed E-state index contributed by atoms with van der Waals surface area (Å²) in [4.78, 5) is 14.3. The Balaban J connectivity index is 1.84. The van der Waals surface area contributed by atoms with E-state index in [9.17, 15) is 4.79 Å². The van der Waals surface area contributed by atoms with Gasteiger partial charge in [-0.25, -0.2) is 0 Å². The Morgan fingerprint density at radius 1 is 1.45 bits per heavy atom. The van der Waals surface area contributed by atoms with E-state index in [-0.39, 0.29) is 5.91 Å². The number of ether oxygens (including phenoxy) is 2. The van der Waals surface area contributed by atoms with Crippen LogP contribution in [0, 0.1) is 5.92 Å². The Morgan fingerprint density at radius 3 is 2.91 bits per heavy atom. The molecule has 0 spiro atoms. The van der Waals surface area contributed by atoms with Crippen molar-refractivity contribution >= 4 is 23.2 Å². The van der Waals surface area contributed by atoms with Crippen LogP contribution in [0.3, 0.4) is 0 Å². The Hall–Kier alpha value is -1.30. The minimum atomic E-state index is 0.0319. The summed E-state index contributed by atoms with van der Waals surface area (Å²) in [6, 6.07) is 5.27. The molecular formula is C16H23ClN2O3. The first-order valence-corrected chi connectivity index (χ1v) is 7.86. The highest BCUT2D eigenvalue weighted by atomic mass is 35.5. The predicted molar refractivity (Wildman–Crippen MR) is 87.7 cm³/mol. The number of hydrogen-bond donors (Lipinski definition) is 1. The third kappa shape index (κ3) is 5.16. The summed E-state index contributed by atoms with van der Waals surface area (Å²) in [6.45, 7) is 3.00. The van der Waals surface area contributed by atoms with E-state index >= 15 is 0 Å². The zero-order valence-corrected chi connectivity index (χ0v) is 13.9. The standard InChI is InChI=1S/C16H23ClN2O3/c1-19-6-5-12(11-19)9-16(20)18-13-3-4-15(14(17)10-13)22-8-7-21-2/h3-4,10,12H,5-9,11H2,1-2H3,(H,18,20). The molecule has 1 aliphatic heterocycles. The quantitative estimate of drug-likeness (QED) is 0.783. The molecule has 1 amide bonds. The van der Waals surface area contributed by atoms with Crippen molar-refractivity contribution in [2.75, 3.05) is 45.8 Å². The molecule has 0 bridgehead atoms. The van der Waals surface area contributed by atoms with Gasteiger partial charge in [0.1, 0.15) is 12.4 Å². The molecule has 1 fully saturated rings. The summed E-state index contributed by atoms with van der Waals surface area (Å²) in [5, 5.41) is 3.38. The van der Waals surface area contributed by atoms with E-state index in [1.807, 2.05) is 0 Å². The normalized spacial score (nSPS) is 18.4. The van der Waals surface area contributed by atoms with Gasteiger partial charge in [0.05, 0.1) is 11.6 Å². The largest absolute Gasteiger partial charge is 0.490 e. The number of halogens is 1. The summed E-state index contributed by atoms with van der Waals surface area (Å²) in [7, 11) is 3.70. The molecule has 6 heteroatoms. The molecule has 0 aliphatic carbocycles. The molecule has 122 valence electrons. The Morgan fingerprint density at radius 2 is 2.27 bits per heavy atom. The molecule has 5 nitrogen and oxygen atoms in total. The summed E-state index contributed by atoms with van der Waals surface area (Å²) in [5.41, 5.74) is 0.695. The summed E-state index contributed by atoms with van der Waals surface area (Å²) < 4.78 is 10.4. The van der Waals surface area contributed by atoms with Gasteiger partial charge in [0, 0.05) is 25.8 Å². The summed E-state index contributed by atoms with van der Waals surface area (Å²) in [6.07, 6.45) is 1.63. The molecule has 0 radical (unpaired) electrons. The molecule has 2 rings (SSSR count). The number of methoxy groups -OCH3 is 1. The van der Waals surface area contributed by atoms with Gasteiger partial charge in [-0.3, -0.25) is 4.79 Å². The van der Waals surface area contributed by atoms with Crippen LogP contribution in [-0.2, 0) is 9.53 Å². The van der Waals surface area contributed by atoms with Crippen molar-refractivity contribution in [2.24, 2.45) is 5.92 Å². The summed E-state index contributed by atoms with van der Waals surface area (Å²) >= 11 is 6.16. The number of carbonyl (C=O) groups is 1. The molecule has 22 heavy (non-hydrogen) atoms. The first kappa shape index (κ1) is 17.1. The van der Waals surface area contributed by atoms with E-state index in [4.69, 9.17) is 21.1 Å². The van der Waals surface area contributed by atoms with Gasteiger partial charge in [-0.2, -0.15) is 0 Å². The van der Waals surface area contributed by atoms with Crippen LogP contribution >= 0.6 is 11.6 Å². The first-order chi connectivity index (χ1) is 10.6. The Labute approximate surface area is 136 Å². The smallest absolute Gasteiger partial charge is 0.224 e. The first-order valence-electron chi connectivity index (χ1n) is 7.48. The van der Waals surface area contributed by atoms with Crippen molar-refractivity contribution in [3.8, 4) is 5.75 Å². The van der Waals surface area contributed by atoms with Gasteiger partial charge >= 0.3 is 0 Å². The van der Waals surface area contributed by atoms with Gasteiger partial charge in [-0.05, 0) is 44.1 Å². The van der Waals surface area contributed by atoms with Gasteiger partial charge in [0.15, 0.2) is 0 Å². The lowest BCUT2D eigenvalue weighted by Gasteiger charge is -2.12. The van der Waals surface area contributed by atoms with Crippen LogP contribution < -0.4 is 10.1 Å². The fraction of sp³-hybridized carbons (Fsp3) is 0.562. The molecule has 1 heterocycles. The number of anilines is 1. The highest BCUT2D eigenvalue weighted by Gasteiger charge is 2.22. The number of benzene rings is 1. The zero-order valence-electron chi connectivity index (χ0n) is 13.1. The van der Waals surface area contributed by atoms with Crippen LogP contribution in [0.15, 0.2) is 18.2 Å². The number of hydrogen-bond acceptors (Lipinski definition) is 4. The minimum absolute atomic E-state index is 0.0319. The van der Waals surface area contributed by atoms with Crippen LogP contribution in [0.2, 0.25) is 5.02 Å². The third-order valence-electron chi connectivity index (χ3n) is 3.72. The van der Waals surface area contributed by atoms with Crippen LogP contribution in [0.1, 0.15) is 12.8 Å². The van der Waals surface area contributed by atoms with Crippen LogP contribution in [0.4, 0.5) is 5.69 Å². The van der Waals surface area contributed by atoms with Gasteiger partial charge < -0.3 is 19.7 Å². The third-order valence-corrected chi connectivity index (χ3v) is 4.02. The van der Waals surface area contributed by atoms with E-state index in [1.54, 1.807) is 25.3 Å². The molecule has 1 unspecified atom stereocenters. The van der Waals surface area contributed by atoms with E-state index in [0.717, 1.165) is 19.5 Å². The second-order valence-electron chi connectivity index (χ2n) is 5.66. The second kappa shape index (κ2) is 8.36. The van der Waals surface area contributed by atoms with Gasteiger partial charge in [-0.15, -0.1) is 0 Å². The SMILES string of the molecule is COCCOc1ccc(NC(=O)CC2CCN(C)C2)cc1Cl. The van der Waals surface area contributed by atoms with Crippen molar-refractivity contribution in [3.63, 3.8) is 0 Å². The highest BCUT2D eigenvalue weighted by Crippen LogP contribution is 2.28. The fourth-order valence-electron chi connectivity index (χ4n) is 2.60. The lowest BCUT2D eigenvalue weighted by molar-refractivity contribution is -0.117. The van der Waals surface area contributed by atoms with Crippen molar-refractivity contribution in [3.05, 3.63) is 23.2 Å². The number of carbonyl (C=O) groups excluding carboxylic acids is 1.